The highest BCUT2D eigenvalue weighted by molar-refractivity contribution is 5.91. The second-order valence-corrected chi connectivity index (χ2v) is 10.1. The Hall–Kier alpha value is -3.83. The molecule has 1 aliphatic rings. The van der Waals surface area contributed by atoms with E-state index in [1.807, 2.05) is 5.32 Å². The van der Waals surface area contributed by atoms with E-state index in [1.54, 1.807) is 0 Å². The number of halogens is 7. The molecule has 42 heavy (non-hydrogen) atoms. The van der Waals surface area contributed by atoms with Gasteiger partial charge in [0.15, 0.2) is 11.9 Å². The first-order valence-electron chi connectivity index (χ1n) is 12.9. The van der Waals surface area contributed by atoms with Crippen LogP contribution in [0.1, 0.15) is 85.6 Å². The molecule has 3 atom stereocenters. The molecule has 1 unspecified atom stereocenters. The summed E-state index contributed by atoms with van der Waals surface area (Å²) in [6, 6.07) is -1.16. The molecule has 3 aromatic heterocycles. The zero-order chi connectivity index (χ0) is 30.8. The highest BCUT2D eigenvalue weighted by Gasteiger charge is 2.40. The molecule has 11 nitrogen and oxygen atoms in total. The van der Waals surface area contributed by atoms with Gasteiger partial charge in [0.1, 0.15) is 12.4 Å². The van der Waals surface area contributed by atoms with E-state index in [0.29, 0.717) is 0 Å². The first-order valence-corrected chi connectivity index (χ1v) is 12.9. The predicted molar refractivity (Wildman–Crippen MR) is 129 cm³/mol. The van der Waals surface area contributed by atoms with Crippen LogP contribution in [0.25, 0.3) is 5.65 Å². The van der Waals surface area contributed by atoms with Crippen LogP contribution in [0.5, 0.6) is 0 Å². The number of rotatable bonds is 10. The van der Waals surface area contributed by atoms with Crippen LogP contribution in [-0.4, -0.2) is 64.8 Å². The highest BCUT2D eigenvalue weighted by Crippen LogP contribution is 2.41. The minimum absolute atomic E-state index is 0.00724. The van der Waals surface area contributed by atoms with E-state index < -0.39 is 86.1 Å². The Morgan fingerprint density at radius 2 is 1.86 bits per heavy atom. The average molecular weight is 609 g/mol. The number of carbonyl (C=O) groups excluding carboxylic acids is 2. The van der Waals surface area contributed by atoms with Crippen LogP contribution in [0.2, 0.25) is 0 Å². The molecule has 0 saturated heterocycles. The second kappa shape index (κ2) is 12.2. The van der Waals surface area contributed by atoms with Crippen molar-refractivity contribution in [2.45, 2.75) is 82.3 Å². The van der Waals surface area contributed by atoms with Crippen molar-refractivity contribution in [2.75, 3.05) is 0 Å². The van der Waals surface area contributed by atoms with E-state index in [-0.39, 0.29) is 29.7 Å². The molecule has 0 aliphatic heterocycles. The van der Waals surface area contributed by atoms with Gasteiger partial charge in [-0.25, -0.2) is 36.7 Å². The first-order chi connectivity index (χ1) is 19.6. The van der Waals surface area contributed by atoms with Crippen LogP contribution in [0.3, 0.4) is 0 Å². The van der Waals surface area contributed by atoms with Crippen molar-refractivity contribution in [1.82, 2.24) is 40.0 Å². The van der Waals surface area contributed by atoms with Crippen LogP contribution in [0.15, 0.2) is 24.8 Å². The van der Waals surface area contributed by atoms with Crippen molar-refractivity contribution in [3.63, 3.8) is 0 Å². The SMILES string of the molecule is CC(C(F)F)n1ncnc1C(=O)N[C@H](c1cn2ncc([C@@H](O)NC(=O)CCC(F)(F)F)cc2n1)C1CCC(F)(F)CC1. The number of nitrogens with one attached hydrogen (secondary N) is 2. The maximum absolute atomic E-state index is 13.9. The molecule has 0 spiro atoms. The van der Waals surface area contributed by atoms with Crippen molar-refractivity contribution in [3.05, 3.63) is 41.9 Å². The number of aliphatic hydroxyl groups is 1. The van der Waals surface area contributed by atoms with Gasteiger partial charge < -0.3 is 15.7 Å². The van der Waals surface area contributed by atoms with Crippen molar-refractivity contribution < 1.29 is 45.4 Å². The van der Waals surface area contributed by atoms with Crippen molar-refractivity contribution >= 4 is 17.5 Å². The summed E-state index contributed by atoms with van der Waals surface area (Å²) in [5.41, 5.74) is 0.271. The Labute approximate surface area is 233 Å². The largest absolute Gasteiger partial charge is 0.389 e. The molecule has 3 aromatic rings. The van der Waals surface area contributed by atoms with Gasteiger partial charge in [-0.15, -0.1) is 0 Å². The Morgan fingerprint density at radius 3 is 2.50 bits per heavy atom. The topological polar surface area (TPSA) is 139 Å². The quantitative estimate of drug-likeness (QED) is 0.235. The van der Waals surface area contributed by atoms with Gasteiger partial charge in [0.2, 0.25) is 17.7 Å². The van der Waals surface area contributed by atoms with E-state index in [4.69, 9.17) is 0 Å². The molecule has 4 rings (SSSR count). The van der Waals surface area contributed by atoms with E-state index in [1.165, 1.54) is 16.8 Å². The number of amides is 2. The lowest BCUT2D eigenvalue weighted by atomic mass is 9.81. The zero-order valence-electron chi connectivity index (χ0n) is 22.0. The minimum Gasteiger partial charge on any atom is -0.369 e. The zero-order valence-corrected chi connectivity index (χ0v) is 22.0. The lowest BCUT2D eigenvalue weighted by Gasteiger charge is -2.33. The summed E-state index contributed by atoms with van der Waals surface area (Å²) in [4.78, 5) is 33.1. The van der Waals surface area contributed by atoms with Gasteiger partial charge in [0.05, 0.1) is 30.6 Å². The van der Waals surface area contributed by atoms with Crippen molar-refractivity contribution in [2.24, 2.45) is 5.92 Å². The first kappa shape index (κ1) is 31.1. The summed E-state index contributed by atoms with van der Waals surface area (Å²) in [5.74, 6) is -5.75. The van der Waals surface area contributed by atoms with Gasteiger partial charge in [0, 0.05) is 24.8 Å². The number of aliphatic hydroxyl groups excluding tert-OH is 1. The van der Waals surface area contributed by atoms with E-state index >= 15 is 0 Å². The summed E-state index contributed by atoms with van der Waals surface area (Å²) >= 11 is 0. The van der Waals surface area contributed by atoms with Crippen LogP contribution in [-0.2, 0) is 4.79 Å². The summed E-state index contributed by atoms with van der Waals surface area (Å²) in [7, 11) is 0. The molecule has 1 aliphatic carbocycles. The molecule has 3 heterocycles. The number of carbonyl (C=O) groups is 2. The maximum atomic E-state index is 13.9. The lowest BCUT2D eigenvalue weighted by Crippen LogP contribution is -2.38. The van der Waals surface area contributed by atoms with Crippen LogP contribution in [0, 0.1) is 5.92 Å². The number of fused-ring (bicyclic) bond motifs is 1. The molecule has 18 heteroatoms. The van der Waals surface area contributed by atoms with E-state index in [2.05, 4.69) is 25.5 Å². The van der Waals surface area contributed by atoms with Gasteiger partial charge in [-0.05, 0) is 31.7 Å². The minimum atomic E-state index is -4.55. The molecule has 1 saturated carbocycles. The summed E-state index contributed by atoms with van der Waals surface area (Å²) in [5, 5.41) is 22.8. The number of hydrogen-bond acceptors (Lipinski definition) is 7. The fraction of sp³-hybridized carbons (Fsp3) is 0.583. The van der Waals surface area contributed by atoms with Gasteiger partial charge in [-0.2, -0.15) is 23.4 Å². The second-order valence-electron chi connectivity index (χ2n) is 10.1. The van der Waals surface area contributed by atoms with Gasteiger partial charge in [-0.1, -0.05) is 0 Å². The molecular formula is C24H27F7N8O3. The summed E-state index contributed by atoms with van der Waals surface area (Å²) in [6.07, 6.45) is -8.77. The predicted octanol–water partition coefficient (Wildman–Crippen LogP) is 3.89. The van der Waals surface area contributed by atoms with Crippen LogP contribution >= 0.6 is 0 Å². The van der Waals surface area contributed by atoms with Crippen LogP contribution < -0.4 is 10.6 Å². The van der Waals surface area contributed by atoms with E-state index in [9.17, 15) is 45.4 Å². The number of alkyl halides is 7. The number of nitrogens with zero attached hydrogens (tertiary/aromatic N) is 6. The Kier molecular flexibility index (Phi) is 9.03. The third-order valence-electron chi connectivity index (χ3n) is 6.97. The monoisotopic (exact) mass is 608 g/mol. The smallest absolute Gasteiger partial charge is 0.369 e. The fourth-order valence-corrected chi connectivity index (χ4v) is 4.62. The third-order valence-corrected chi connectivity index (χ3v) is 6.97. The van der Waals surface area contributed by atoms with E-state index in [0.717, 1.165) is 24.1 Å². The molecule has 230 valence electrons. The normalized spacial score (nSPS) is 18.1. The van der Waals surface area contributed by atoms with Crippen molar-refractivity contribution in [1.29, 1.82) is 0 Å². The molecule has 3 N–H and O–H groups in total. The lowest BCUT2D eigenvalue weighted by molar-refractivity contribution is -0.145. The third kappa shape index (κ3) is 7.51. The summed E-state index contributed by atoms with van der Waals surface area (Å²) < 4.78 is 93.5. The standard InChI is InChI=1S/C24H27F7N8O3/c1-12(19(25)26)39-20(32-11-34-39)22(42)37-18(13-2-5-23(27,28)6-3-13)15-10-38-16(35-15)8-14(9-33-38)21(41)36-17(40)4-7-24(29,30)31/h8-13,18-19,21,41H,2-7H2,1H3,(H,36,40)(H,37,42)/t12?,18-,21+/m0/s1. The average Bonchev–Trinajstić information content (AvgIpc) is 3.57. The van der Waals surface area contributed by atoms with Crippen molar-refractivity contribution in [3.8, 4) is 0 Å². The van der Waals surface area contributed by atoms with Gasteiger partial charge in [-0.3, -0.25) is 9.59 Å². The highest BCUT2D eigenvalue weighted by atomic mass is 19.4. The molecule has 0 bridgehead atoms. The number of imidazole rings is 1. The van der Waals surface area contributed by atoms with Crippen LogP contribution in [0.4, 0.5) is 30.7 Å². The van der Waals surface area contributed by atoms with Gasteiger partial charge in [0.25, 0.3) is 12.3 Å². The molecular weight excluding hydrogens is 581 g/mol. The molecule has 0 radical (unpaired) electrons. The Morgan fingerprint density at radius 1 is 1.17 bits per heavy atom. The number of aromatic nitrogens is 6. The Balaban J connectivity index is 1.58. The van der Waals surface area contributed by atoms with Gasteiger partial charge >= 0.3 is 6.18 Å². The fourth-order valence-electron chi connectivity index (χ4n) is 4.62. The summed E-state index contributed by atoms with van der Waals surface area (Å²) in [6.45, 7) is 1.15. The molecule has 1 fully saturated rings. The molecule has 0 aromatic carbocycles. The maximum Gasteiger partial charge on any atom is 0.389 e. The number of hydrogen-bond donors (Lipinski definition) is 3. The Bertz CT molecular complexity index is 1400. The molecule has 2 amide bonds.